The summed E-state index contributed by atoms with van der Waals surface area (Å²) in [7, 11) is -1.88. The van der Waals surface area contributed by atoms with Crippen molar-refractivity contribution in [2.24, 2.45) is 0 Å². The van der Waals surface area contributed by atoms with Gasteiger partial charge in [-0.1, -0.05) is 0 Å². The Bertz CT molecular complexity index is 382. The molecule has 108 valence electrons. The molecule has 0 fully saturated rings. The standard InChI is InChI=1S/C9H20N2O5S2/c1-11(7-5-9(12)16-2)18(14,15)10-6-4-8-17(3)13/h10H,4-8H2,1-3H3. The fourth-order valence-corrected chi connectivity index (χ4v) is 2.56. The van der Waals surface area contributed by atoms with Crippen LogP contribution in [0.1, 0.15) is 12.8 Å². The van der Waals surface area contributed by atoms with Crippen LogP contribution in [-0.4, -0.2) is 62.2 Å². The van der Waals surface area contributed by atoms with Gasteiger partial charge < -0.3 is 4.74 Å². The van der Waals surface area contributed by atoms with Gasteiger partial charge in [0.1, 0.15) is 0 Å². The normalized spacial score (nSPS) is 13.6. The lowest BCUT2D eigenvalue weighted by atomic mass is 10.4. The Morgan fingerprint density at radius 3 is 2.56 bits per heavy atom. The molecule has 0 aliphatic heterocycles. The minimum absolute atomic E-state index is 0.00683. The molecule has 1 atom stereocenters. The zero-order chi connectivity index (χ0) is 14.2. The summed E-state index contributed by atoms with van der Waals surface area (Å²) in [4.78, 5) is 10.9. The number of carbonyl (C=O) groups is 1. The van der Waals surface area contributed by atoms with Crippen LogP contribution in [-0.2, 0) is 30.5 Å². The zero-order valence-corrected chi connectivity index (χ0v) is 12.5. The molecule has 0 spiro atoms. The van der Waals surface area contributed by atoms with Crippen LogP contribution in [0, 0.1) is 0 Å². The lowest BCUT2D eigenvalue weighted by Gasteiger charge is -2.16. The Hall–Kier alpha value is -0.510. The number of methoxy groups -OCH3 is 1. The van der Waals surface area contributed by atoms with Crippen molar-refractivity contribution < 1.29 is 22.2 Å². The van der Waals surface area contributed by atoms with Crippen LogP contribution >= 0.6 is 0 Å². The van der Waals surface area contributed by atoms with Gasteiger partial charge in [-0.05, 0) is 6.42 Å². The summed E-state index contributed by atoms with van der Waals surface area (Å²) < 4.78 is 41.9. The second-order valence-corrected chi connectivity index (χ2v) is 7.09. The zero-order valence-electron chi connectivity index (χ0n) is 10.8. The molecule has 18 heavy (non-hydrogen) atoms. The predicted molar refractivity (Wildman–Crippen MR) is 69.7 cm³/mol. The van der Waals surface area contributed by atoms with Gasteiger partial charge >= 0.3 is 5.97 Å². The molecular weight excluding hydrogens is 280 g/mol. The number of ether oxygens (including phenoxy) is 1. The van der Waals surface area contributed by atoms with E-state index in [9.17, 15) is 17.4 Å². The van der Waals surface area contributed by atoms with Gasteiger partial charge in [-0.25, -0.2) is 4.72 Å². The third-order valence-electron chi connectivity index (χ3n) is 2.16. The molecule has 0 heterocycles. The van der Waals surface area contributed by atoms with Crippen molar-refractivity contribution in [2.75, 3.05) is 39.3 Å². The summed E-state index contributed by atoms with van der Waals surface area (Å²) in [5.74, 6) is -0.00701. The average molecular weight is 300 g/mol. The van der Waals surface area contributed by atoms with Crippen molar-refractivity contribution >= 4 is 27.0 Å². The van der Waals surface area contributed by atoms with Crippen LogP contribution in [0.15, 0.2) is 0 Å². The van der Waals surface area contributed by atoms with Crippen LogP contribution < -0.4 is 4.72 Å². The highest BCUT2D eigenvalue weighted by Crippen LogP contribution is 1.97. The van der Waals surface area contributed by atoms with E-state index in [4.69, 9.17) is 0 Å². The molecule has 0 amide bonds. The maximum atomic E-state index is 11.7. The van der Waals surface area contributed by atoms with E-state index >= 15 is 0 Å². The van der Waals surface area contributed by atoms with Gasteiger partial charge in [0.05, 0.1) is 13.5 Å². The van der Waals surface area contributed by atoms with Gasteiger partial charge in [0.15, 0.2) is 0 Å². The summed E-state index contributed by atoms with van der Waals surface area (Å²) in [6.07, 6.45) is 2.08. The number of nitrogens with zero attached hydrogens (tertiary/aromatic N) is 1. The van der Waals surface area contributed by atoms with Gasteiger partial charge in [-0.2, -0.15) is 12.7 Å². The molecule has 1 unspecified atom stereocenters. The van der Waals surface area contributed by atoms with Crippen LogP contribution in [0.5, 0.6) is 0 Å². The highest BCUT2D eigenvalue weighted by Gasteiger charge is 2.17. The van der Waals surface area contributed by atoms with Crippen LogP contribution in [0.25, 0.3) is 0 Å². The van der Waals surface area contributed by atoms with Gasteiger partial charge in [-0.3, -0.25) is 9.00 Å². The first-order valence-electron chi connectivity index (χ1n) is 5.37. The van der Waals surface area contributed by atoms with Crippen LogP contribution in [0.3, 0.4) is 0 Å². The number of rotatable bonds is 9. The van der Waals surface area contributed by atoms with Crippen molar-refractivity contribution in [1.29, 1.82) is 0 Å². The molecule has 7 nitrogen and oxygen atoms in total. The number of nitrogens with one attached hydrogen (secondary N) is 1. The SMILES string of the molecule is COC(=O)CCN(C)S(=O)(=O)NCCCS(C)=O. The second-order valence-electron chi connectivity index (χ2n) is 3.68. The molecular formula is C9H20N2O5S2. The molecule has 9 heteroatoms. The molecule has 0 aromatic rings. The van der Waals surface area contributed by atoms with E-state index in [0.29, 0.717) is 12.2 Å². The van der Waals surface area contributed by atoms with Crippen molar-refractivity contribution in [3.05, 3.63) is 0 Å². The highest BCUT2D eigenvalue weighted by molar-refractivity contribution is 7.87. The van der Waals surface area contributed by atoms with E-state index in [2.05, 4.69) is 9.46 Å². The van der Waals surface area contributed by atoms with Crippen molar-refractivity contribution in [1.82, 2.24) is 9.03 Å². The molecule has 0 saturated carbocycles. The van der Waals surface area contributed by atoms with Crippen LogP contribution in [0.4, 0.5) is 0 Å². The minimum Gasteiger partial charge on any atom is -0.469 e. The van der Waals surface area contributed by atoms with Crippen molar-refractivity contribution in [3.63, 3.8) is 0 Å². The fraction of sp³-hybridized carbons (Fsp3) is 0.889. The van der Waals surface area contributed by atoms with E-state index in [1.165, 1.54) is 14.2 Å². The highest BCUT2D eigenvalue weighted by atomic mass is 32.2. The maximum Gasteiger partial charge on any atom is 0.306 e. The monoisotopic (exact) mass is 300 g/mol. The topological polar surface area (TPSA) is 92.8 Å². The predicted octanol–water partition coefficient (Wildman–Crippen LogP) is -0.916. The van der Waals surface area contributed by atoms with Gasteiger partial charge in [-0.15, -0.1) is 0 Å². The minimum atomic E-state index is -3.59. The molecule has 0 bridgehead atoms. The molecule has 0 radical (unpaired) electrons. The Morgan fingerprint density at radius 1 is 1.44 bits per heavy atom. The number of hydrogen-bond acceptors (Lipinski definition) is 5. The lowest BCUT2D eigenvalue weighted by molar-refractivity contribution is -0.140. The summed E-state index contributed by atoms with van der Waals surface area (Å²) in [5.41, 5.74) is 0. The Labute approximate surface area is 111 Å². The molecule has 0 aliphatic rings. The molecule has 0 aromatic carbocycles. The first-order valence-corrected chi connectivity index (χ1v) is 8.54. The van der Waals surface area contributed by atoms with E-state index in [-0.39, 0.29) is 19.5 Å². The fourth-order valence-electron chi connectivity index (χ4n) is 1.06. The van der Waals surface area contributed by atoms with Crippen LogP contribution in [0.2, 0.25) is 0 Å². The maximum absolute atomic E-state index is 11.7. The molecule has 0 rings (SSSR count). The smallest absolute Gasteiger partial charge is 0.306 e. The lowest BCUT2D eigenvalue weighted by Crippen LogP contribution is -2.39. The first kappa shape index (κ1) is 17.5. The molecule has 1 N–H and O–H groups in total. The Balaban J connectivity index is 4.03. The van der Waals surface area contributed by atoms with Gasteiger partial charge in [0.2, 0.25) is 0 Å². The largest absolute Gasteiger partial charge is 0.469 e. The van der Waals surface area contributed by atoms with E-state index in [1.807, 2.05) is 0 Å². The third-order valence-corrected chi connectivity index (χ3v) is 4.60. The second kappa shape index (κ2) is 8.57. The van der Waals surface area contributed by atoms with Gasteiger partial charge in [0, 0.05) is 42.9 Å². The number of hydrogen-bond donors (Lipinski definition) is 1. The summed E-state index contributed by atoms with van der Waals surface area (Å²) >= 11 is 0. The third kappa shape index (κ3) is 7.75. The molecule has 0 aromatic heterocycles. The Kier molecular flexibility index (Phi) is 8.32. The number of esters is 1. The van der Waals surface area contributed by atoms with Gasteiger partial charge in [0.25, 0.3) is 10.2 Å². The first-order chi connectivity index (χ1) is 8.29. The average Bonchev–Trinajstić information content (AvgIpc) is 2.30. The van der Waals surface area contributed by atoms with Crippen molar-refractivity contribution in [3.8, 4) is 0 Å². The summed E-state index contributed by atoms with van der Waals surface area (Å²) in [6, 6.07) is 0. The van der Waals surface area contributed by atoms with Crippen molar-refractivity contribution in [2.45, 2.75) is 12.8 Å². The van der Waals surface area contributed by atoms with E-state index in [1.54, 1.807) is 6.26 Å². The summed E-state index contributed by atoms with van der Waals surface area (Å²) in [5, 5.41) is 0. The molecule has 0 aliphatic carbocycles. The quantitative estimate of drug-likeness (QED) is 0.439. The summed E-state index contributed by atoms with van der Waals surface area (Å²) in [6.45, 7) is 0.284. The van der Waals surface area contributed by atoms with E-state index in [0.717, 1.165) is 4.31 Å². The van der Waals surface area contributed by atoms with E-state index < -0.39 is 27.0 Å². The molecule has 0 saturated heterocycles. The Morgan fingerprint density at radius 2 is 2.06 bits per heavy atom. The number of carbonyl (C=O) groups excluding carboxylic acids is 1.